The van der Waals surface area contributed by atoms with E-state index in [4.69, 9.17) is 0 Å². The van der Waals surface area contributed by atoms with Crippen molar-refractivity contribution in [2.24, 2.45) is 0 Å². The smallest absolute Gasteiger partial charge is 0.126 e. The van der Waals surface area contributed by atoms with Gasteiger partial charge in [-0.25, -0.2) is 9.37 Å². The molecular weight excluding hydrogens is 315 g/mol. The normalized spacial score (nSPS) is 25.4. The Balaban J connectivity index is 1.35. The van der Waals surface area contributed by atoms with Crippen LogP contribution in [0.1, 0.15) is 37.7 Å². The molecule has 25 heavy (non-hydrogen) atoms. The highest BCUT2D eigenvalue weighted by atomic mass is 19.1. The van der Waals surface area contributed by atoms with Crippen molar-refractivity contribution in [1.29, 1.82) is 5.26 Å². The van der Waals surface area contributed by atoms with E-state index in [1.54, 1.807) is 12.1 Å². The molecule has 4 nitrogen and oxygen atoms in total. The average Bonchev–Trinajstić information content (AvgIpc) is 2.56. The molecule has 1 heterocycles. The number of halogens is 1. The van der Waals surface area contributed by atoms with E-state index in [0.717, 1.165) is 29.9 Å². The number of aromatic nitrogens is 1. The first-order valence-corrected chi connectivity index (χ1v) is 8.83. The van der Waals surface area contributed by atoms with Gasteiger partial charge >= 0.3 is 0 Å². The molecule has 1 aromatic heterocycles. The number of rotatable bonds is 5. The lowest BCUT2D eigenvalue weighted by Crippen LogP contribution is -2.47. The Hall–Kier alpha value is -2.61. The molecule has 0 amide bonds. The molecule has 0 unspecified atom stereocenters. The van der Waals surface area contributed by atoms with Gasteiger partial charge in [-0.3, -0.25) is 0 Å². The molecule has 0 saturated heterocycles. The highest BCUT2D eigenvalue weighted by molar-refractivity contribution is 5.50. The molecule has 0 radical (unpaired) electrons. The van der Waals surface area contributed by atoms with E-state index in [-0.39, 0.29) is 11.9 Å². The van der Waals surface area contributed by atoms with E-state index in [0.29, 0.717) is 6.04 Å². The number of hydrogen-bond donors (Lipinski definition) is 2. The molecule has 128 valence electrons. The fraction of sp³-hybridized carbons (Fsp3) is 0.400. The number of nitriles is 1. The van der Waals surface area contributed by atoms with Gasteiger partial charge in [0, 0.05) is 12.1 Å². The van der Waals surface area contributed by atoms with Crippen LogP contribution in [0.15, 0.2) is 42.6 Å². The van der Waals surface area contributed by atoms with Gasteiger partial charge in [0.15, 0.2) is 0 Å². The van der Waals surface area contributed by atoms with E-state index in [9.17, 15) is 9.65 Å². The van der Waals surface area contributed by atoms with E-state index in [1.165, 1.54) is 31.4 Å². The van der Waals surface area contributed by atoms with Crippen molar-refractivity contribution >= 4 is 11.5 Å². The van der Waals surface area contributed by atoms with Crippen molar-refractivity contribution in [2.45, 2.75) is 49.6 Å². The maximum absolute atomic E-state index is 13.1. The third-order valence-corrected chi connectivity index (χ3v) is 5.39. The molecule has 0 bridgehead atoms. The van der Waals surface area contributed by atoms with Crippen molar-refractivity contribution in [3.05, 3.63) is 54.0 Å². The summed E-state index contributed by atoms with van der Waals surface area (Å²) in [4.78, 5) is 4.46. The van der Waals surface area contributed by atoms with Crippen LogP contribution in [-0.2, 0) is 5.41 Å². The summed E-state index contributed by atoms with van der Waals surface area (Å²) in [5, 5.41) is 16.5. The van der Waals surface area contributed by atoms with Crippen LogP contribution in [0.3, 0.4) is 0 Å². The molecule has 2 aromatic rings. The summed E-state index contributed by atoms with van der Waals surface area (Å²) in [5.74, 6) is 0.647. The summed E-state index contributed by atoms with van der Waals surface area (Å²) >= 11 is 0. The van der Waals surface area contributed by atoms with E-state index in [2.05, 4.69) is 21.7 Å². The molecule has 5 heteroatoms. The van der Waals surface area contributed by atoms with Crippen molar-refractivity contribution in [2.75, 3.05) is 10.6 Å². The lowest BCUT2D eigenvalue weighted by molar-refractivity contribution is 0.289. The SMILES string of the molecule is N#CC1(c2ccc(F)cc2)CC(Nc2ccc(NC3CCC3)nc2)C1. The van der Waals surface area contributed by atoms with Crippen LogP contribution in [0.5, 0.6) is 0 Å². The van der Waals surface area contributed by atoms with Crippen LogP contribution in [-0.4, -0.2) is 17.1 Å². The summed E-state index contributed by atoms with van der Waals surface area (Å²) in [7, 11) is 0. The van der Waals surface area contributed by atoms with Gasteiger partial charge in [0.2, 0.25) is 0 Å². The topological polar surface area (TPSA) is 60.7 Å². The highest BCUT2D eigenvalue weighted by Crippen LogP contribution is 2.44. The molecule has 0 aliphatic heterocycles. The third kappa shape index (κ3) is 3.17. The zero-order valence-electron chi connectivity index (χ0n) is 14.0. The minimum atomic E-state index is -0.509. The van der Waals surface area contributed by atoms with Crippen LogP contribution < -0.4 is 10.6 Å². The largest absolute Gasteiger partial charge is 0.381 e. The van der Waals surface area contributed by atoms with Crippen LogP contribution in [0.2, 0.25) is 0 Å². The lowest BCUT2D eigenvalue weighted by atomic mass is 9.62. The Morgan fingerprint density at radius 1 is 1.04 bits per heavy atom. The first-order valence-electron chi connectivity index (χ1n) is 8.83. The average molecular weight is 336 g/mol. The van der Waals surface area contributed by atoms with Gasteiger partial charge in [0.1, 0.15) is 11.6 Å². The van der Waals surface area contributed by atoms with Crippen molar-refractivity contribution in [3.63, 3.8) is 0 Å². The second-order valence-electron chi connectivity index (χ2n) is 7.15. The molecule has 2 aliphatic carbocycles. The Morgan fingerprint density at radius 2 is 1.80 bits per heavy atom. The molecule has 2 aliphatic rings. The molecular formula is C20H21FN4. The molecule has 2 N–H and O–H groups in total. The summed E-state index contributed by atoms with van der Waals surface area (Å²) < 4.78 is 13.1. The number of nitrogens with zero attached hydrogens (tertiary/aromatic N) is 2. The Kier molecular flexibility index (Phi) is 4.04. The van der Waals surface area contributed by atoms with Crippen molar-refractivity contribution < 1.29 is 4.39 Å². The second-order valence-corrected chi connectivity index (χ2v) is 7.15. The fourth-order valence-corrected chi connectivity index (χ4v) is 3.61. The van der Waals surface area contributed by atoms with Crippen molar-refractivity contribution in [1.82, 2.24) is 4.98 Å². The van der Waals surface area contributed by atoms with E-state index >= 15 is 0 Å². The van der Waals surface area contributed by atoms with Gasteiger partial charge in [-0.15, -0.1) is 0 Å². The number of nitrogens with one attached hydrogen (secondary N) is 2. The number of benzene rings is 1. The van der Waals surface area contributed by atoms with Crippen LogP contribution in [0.4, 0.5) is 15.9 Å². The number of hydrogen-bond acceptors (Lipinski definition) is 4. The van der Waals surface area contributed by atoms with Gasteiger partial charge in [-0.2, -0.15) is 5.26 Å². The van der Waals surface area contributed by atoms with Gasteiger partial charge in [-0.1, -0.05) is 12.1 Å². The van der Waals surface area contributed by atoms with Crippen LogP contribution >= 0.6 is 0 Å². The molecule has 0 spiro atoms. The van der Waals surface area contributed by atoms with Gasteiger partial charge in [-0.05, 0) is 61.9 Å². The quantitative estimate of drug-likeness (QED) is 0.858. The first-order chi connectivity index (χ1) is 12.2. The minimum absolute atomic E-state index is 0.233. The highest BCUT2D eigenvalue weighted by Gasteiger charge is 2.46. The summed E-state index contributed by atoms with van der Waals surface area (Å²) in [6.45, 7) is 0. The lowest BCUT2D eigenvalue weighted by Gasteiger charge is -2.43. The summed E-state index contributed by atoms with van der Waals surface area (Å²) in [5.41, 5.74) is 1.35. The number of anilines is 2. The standard InChI is InChI=1S/C20H21FN4/c21-15-6-4-14(5-7-15)20(13-22)10-18(11-20)24-17-8-9-19(23-12-17)25-16-2-1-3-16/h4-9,12,16,18,24H,1-3,10-11H2,(H,23,25). The Labute approximate surface area is 147 Å². The zero-order chi connectivity index (χ0) is 17.3. The predicted molar refractivity (Wildman–Crippen MR) is 95.8 cm³/mol. The van der Waals surface area contributed by atoms with Crippen LogP contribution in [0, 0.1) is 17.1 Å². The summed E-state index contributed by atoms with van der Waals surface area (Å²) in [6, 6.07) is 13.5. The first kappa shape index (κ1) is 15.9. The predicted octanol–water partition coefficient (Wildman–Crippen LogP) is 4.22. The molecule has 2 fully saturated rings. The maximum Gasteiger partial charge on any atom is 0.126 e. The summed E-state index contributed by atoms with van der Waals surface area (Å²) in [6.07, 6.45) is 7.03. The Morgan fingerprint density at radius 3 is 2.36 bits per heavy atom. The van der Waals surface area contributed by atoms with Gasteiger partial charge < -0.3 is 10.6 Å². The van der Waals surface area contributed by atoms with E-state index in [1.807, 2.05) is 18.3 Å². The minimum Gasteiger partial charge on any atom is -0.381 e. The van der Waals surface area contributed by atoms with Gasteiger partial charge in [0.05, 0.1) is 23.4 Å². The molecule has 0 atom stereocenters. The zero-order valence-corrected chi connectivity index (χ0v) is 14.0. The number of pyridine rings is 1. The maximum atomic E-state index is 13.1. The second kappa shape index (κ2) is 6.36. The van der Waals surface area contributed by atoms with Crippen molar-refractivity contribution in [3.8, 4) is 6.07 Å². The van der Waals surface area contributed by atoms with Gasteiger partial charge in [0.25, 0.3) is 0 Å². The third-order valence-electron chi connectivity index (χ3n) is 5.39. The molecule has 2 saturated carbocycles. The van der Waals surface area contributed by atoms with E-state index < -0.39 is 5.41 Å². The molecule has 4 rings (SSSR count). The monoisotopic (exact) mass is 336 g/mol. The van der Waals surface area contributed by atoms with Crippen LogP contribution in [0.25, 0.3) is 0 Å². The fourth-order valence-electron chi connectivity index (χ4n) is 3.61. The Bertz CT molecular complexity index is 769. The molecule has 1 aromatic carbocycles.